The van der Waals surface area contributed by atoms with Gasteiger partial charge in [0, 0.05) is 12.6 Å². The number of phenolic OH excluding ortho intramolecular Hbond substituents is 1. The van der Waals surface area contributed by atoms with Gasteiger partial charge in [0.1, 0.15) is 19.0 Å². The first-order valence-corrected chi connectivity index (χ1v) is 5.22. The number of nitrogens with two attached hydrogens (primary N) is 1. The third-order valence-electron chi connectivity index (χ3n) is 2.35. The second kappa shape index (κ2) is 4.37. The molecule has 2 rings (SSSR count). The zero-order valence-corrected chi connectivity index (χ0v) is 9.20. The van der Waals surface area contributed by atoms with E-state index in [-0.39, 0.29) is 22.9 Å². The zero-order chi connectivity index (χ0) is 11.7. The van der Waals surface area contributed by atoms with Gasteiger partial charge in [0.2, 0.25) is 0 Å². The van der Waals surface area contributed by atoms with Crippen molar-refractivity contribution in [1.29, 1.82) is 0 Å². The van der Waals surface area contributed by atoms with Crippen molar-refractivity contribution in [3.63, 3.8) is 0 Å². The Bertz CT molecular complexity index is 410. The molecule has 0 spiro atoms. The number of hydrogen-bond acceptors (Lipinski definition) is 5. The molecule has 0 bridgehead atoms. The summed E-state index contributed by atoms with van der Waals surface area (Å²) in [4.78, 5) is 0. The first kappa shape index (κ1) is 11.3. The Morgan fingerprint density at radius 2 is 2.12 bits per heavy atom. The molecule has 1 aliphatic rings. The summed E-state index contributed by atoms with van der Waals surface area (Å²) in [6.07, 6.45) is -1.03. The maximum absolute atomic E-state index is 9.77. The maximum Gasteiger partial charge on any atom is 0.171 e. The molecular weight excluding hydrogens is 234 g/mol. The number of ether oxygens (including phenoxy) is 2. The summed E-state index contributed by atoms with van der Waals surface area (Å²) < 4.78 is 10.7. The van der Waals surface area contributed by atoms with Crippen LogP contribution in [0.4, 0.5) is 0 Å². The molecule has 0 aromatic heterocycles. The third kappa shape index (κ3) is 1.77. The molecule has 0 aliphatic carbocycles. The molecule has 0 radical (unpaired) electrons. The fraction of sp³-hybridized carbons (Fsp3) is 0.400. The second-order valence-electron chi connectivity index (χ2n) is 3.40. The van der Waals surface area contributed by atoms with Gasteiger partial charge in [-0.2, -0.15) is 0 Å². The van der Waals surface area contributed by atoms with Crippen LogP contribution in [0.2, 0.25) is 5.02 Å². The van der Waals surface area contributed by atoms with Crippen molar-refractivity contribution in [2.24, 2.45) is 5.73 Å². The SMILES string of the molecule is NCC(O)c1c(O)c(Cl)cc2c1OCCO2. The van der Waals surface area contributed by atoms with E-state index in [9.17, 15) is 10.2 Å². The van der Waals surface area contributed by atoms with Gasteiger partial charge in [0.25, 0.3) is 0 Å². The number of phenols is 1. The highest BCUT2D eigenvalue weighted by Crippen LogP contribution is 2.46. The molecule has 88 valence electrons. The Morgan fingerprint density at radius 3 is 2.81 bits per heavy atom. The lowest BCUT2D eigenvalue weighted by Crippen LogP contribution is -2.19. The lowest BCUT2D eigenvalue weighted by molar-refractivity contribution is 0.146. The summed E-state index contributed by atoms with van der Waals surface area (Å²) in [5.41, 5.74) is 5.54. The molecule has 0 amide bonds. The molecule has 16 heavy (non-hydrogen) atoms. The van der Waals surface area contributed by atoms with Gasteiger partial charge >= 0.3 is 0 Å². The maximum atomic E-state index is 9.77. The van der Waals surface area contributed by atoms with Crippen molar-refractivity contribution >= 4 is 11.6 Å². The van der Waals surface area contributed by atoms with E-state index in [2.05, 4.69) is 0 Å². The van der Waals surface area contributed by atoms with Gasteiger partial charge in [0.15, 0.2) is 11.5 Å². The van der Waals surface area contributed by atoms with Crippen LogP contribution >= 0.6 is 11.6 Å². The molecule has 6 heteroatoms. The Labute approximate surface area is 97.3 Å². The standard InChI is InChI=1S/C10H12ClNO4/c11-5-3-7-10(16-2-1-15-7)8(9(5)14)6(13)4-12/h3,6,13-14H,1-2,4,12H2. The summed E-state index contributed by atoms with van der Waals surface area (Å²) in [5, 5.41) is 19.6. The van der Waals surface area contributed by atoms with Crippen LogP contribution in [0.25, 0.3) is 0 Å². The number of aliphatic hydroxyl groups excluding tert-OH is 1. The molecule has 4 N–H and O–H groups in total. The van der Waals surface area contributed by atoms with Gasteiger partial charge in [-0.25, -0.2) is 0 Å². The quantitative estimate of drug-likeness (QED) is 0.718. The van der Waals surface area contributed by atoms with Crippen LogP contribution in [0.1, 0.15) is 11.7 Å². The summed E-state index contributed by atoms with van der Waals surface area (Å²) >= 11 is 5.81. The van der Waals surface area contributed by atoms with E-state index in [1.54, 1.807) is 0 Å². The monoisotopic (exact) mass is 245 g/mol. The highest BCUT2D eigenvalue weighted by molar-refractivity contribution is 6.32. The highest BCUT2D eigenvalue weighted by Gasteiger charge is 2.26. The minimum atomic E-state index is -1.03. The zero-order valence-electron chi connectivity index (χ0n) is 8.44. The summed E-state index contributed by atoms with van der Waals surface area (Å²) in [6.45, 7) is 0.730. The smallest absolute Gasteiger partial charge is 0.171 e. The minimum Gasteiger partial charge on any atom is -0.506 e. The summed E-state index contributed by atoms with van der Waals surface area (Å²) in [7, 11) is 0. The lowest BCUT2D eigenvalue weighted by Gasteiger charge is -2.24. The van der Waals surface area contributed by atoms with E-state index in [4.69, 9.17) is 26.8 Å². The van der Waals surface area contributed by atoms with Crippen LogP contribution in [0.3, 0.4) is 0 Å². The third-order valence-corrected chi connectivity index (χ3v) is 2.64. The van der Waals surface area contributed by atoms with E-state index in [0.29, 0.717) is 24.7 Å². The molecule has 0 saturated heterocycles. The molecule has 0 saturated carbocycles. The fourth-order valence-electron chi connectivity index (χ4n) is 1.60. The van der Waals surface area contributed by atoms with Crippen molar-refractivity contribution in [2.45, 2.75) is 6.10 Å². The predicted octanol–water partition coefficient (Wildman–Crippen LogP) is 0.809. The number of hydrogen-bond donors (Lipinski definition) is 3. The number of fused-ring (bicyclic) bond motifs is 1. The number of rotatable bonds is 2. The molecule has 1 aromatic carbocycles. The van der Waals surface area contributed by atoms with Crippen molar-refractivity contribution < 1.29 is 19.7 Å². The van der Waals surface area contributed by atoms with E-state index in [0.717, 1.165) is 0 Å². The van der Waals surface area contributed by atoms with Gasteiger partial charge < -0.3 is 25.4 Å². The van der Waals surface area contributed by atoms with Crippen LogP contribution in [-0.4, -0.2) is 30.0 Å². The Morgan fingerprint density at radius 1 is 1.44 bits per heavy atom. The molecule has 1 unspecified atom stereocenters. The summed E-state index contributed by atoms with van der Waals surface area (Å²) in [5.74, 6) is 0.506. The Balaban J connectivity index is 2.59. The Kier molecular flexibility index (Phi) is 3.09. The van der Waals surface area contributed by atoms with Crippen molar-refractivity contribution in [3.8, 4) is 17.2 Å². The van der Waals surface area contributed by atoms with Crippen LogP contribution in [0.15, 0.2) is 6.07 Å². The van der Waals surface area contributed by atoms with Gasteiger partial charge in [-0.3, -0.25) is 0 Å². The van der Waals surface area contributed by atoms with Gasteiger partial charge in [-0.1, -0.05) is 11.6 Å². The van der Waals surface area contributed by atoms with Crippen molar-refractivity contribution in [2.75, 3.05) is 19.8 Å². The molecule has 1 heterocycles. The normalized spacial score (nSPS) is 15.9. The van der Waals surface area contributed by atoms with Gasteiger partial charge in [0.05, 0.1) is 16.7 Å². The van der Waals surface area contributed by atoms with Crippen molar-refractivity contribution in [3.05, 3.63) is 16.7 Å². The van der Waals surface area contributed by atoms with Crippen molar-refractivity contribution in [1.82, 2.24) is 0 Å². The molecule has 1 atom stereocenters. The van der Waals surface area contributed by atoms with E-state index < -0.39 is 6.10 Å². The topological polar surface area (TPSA) is 84.9 Å². The van der Waals surface area contributed by atoms with Gasteiger partial charge in [-0.05, 0) is 0 Å². The van der Waals surface area contributed by atoms with E-state index in [1.165, 1.54) is 6.07 Å². The Hall–Kier alpha value is -1.17. The predicted molar refractivity (Wildman–Crippen MR) is 58.1 cm³/mol. The number of benzene rings is 1. The number of halogens is 1. The number of aliphatic hydroxyl groups is 1. The second-order valence-corrected chi connectivity index (χ2v) is 3.80. The fourth-order valence-corrected chi connectivity index (χ4v) is 1.80. The van der Waals surface area contributed by atoms with Crippen LogP contribution in [0.5, 0.6) is 17.2 Å². The average molecular weight is 246 g/mol. The largest absolute Gasteiger partial charge is 0.506 e. The first-order valence-electron chi connectivity index (χ1n) is 4.84. The van der Waals surface area contributed by atoms with E-state index in [1.807, 2.05) is 0 Å². The molecule has 0 fully saturated rings. The van der Waals surface area contributed by atoms with Gasteiger partial charge in [-0.15, -0.1) is 0 Å². The number of aromatic hydroxyl groups is 1. The average Bonchev–Trinajstić information content (AvgIpc) is 2.30. The van der Waals surface area contributed by atoms with Crippen LogP contribution in [0, 0.1) is 0 Å². The molecule has 1 aromatic rings. The molecular formula is C10H12ClNO4. The molecule has 1 aliphatic heterocycles. The lowest BCUT2D eigenvalue weighted by atomic mass is 10.1. The van der Waals surface area contributed by atoms with E-state index >= 15 is 0 Å². The summed E-state index contributed by atoms with van der Waals surface area (Å²) in [6, 6.07) is 1.46. The first-order chi connectivity index (χ1) is 7.65. The highest BCUT2D eigenvalue weighted by atomic mass is 35.5. The minimum absolute atomic E-state index is 0.0380. The van der Waals surface area contributed by atoms with Crippen LogP contribution < -0.4 is 15.2 Å². The molecule has 5 nitrogen and oxygen atoms in total. The van der Waals surface area contributed by atoms with Crippen LogP contribution in [-0.2, 0) is 0 Å².